The molecule has 1 aromatic heterocycles. The van der Waals surface area contributed by atoms with Crippen molar-refractivity contribution in [2.45, 2.75) is 32.2 Å². The Balaban J connectivity index is 1.76. The number of anilines is 1. The van der Waals surface area contributed by atoms with E-state index in [1.165, 1.54) is 6.39 Å². The Hall–Kier alpha value is -2.34. The number of hydrogen-bond acceptors (Lipinski definition) is 4. The molecule has 1 unspecified atom stereocenters. The van der Waals surface area contributed by atoms with Crippen LogP contribution in [0.2, 0.25) is 5.02 Å². The third kappa shape index (κ3) is 3.14. The SMILES string of the molecule is CCc1ocnc1C(=O)NC1CCCN(c2ccccc2Cl)C1=O. The van der Waals surface area contributed by atoms with Gasteiger partial charge in [0.15, 0.2) is 12.1 Å². The third-order valence-electron chi connectivity index (χ3n) is 4.06. The van der Waals surface area contributed by atoms with Crippen LogP contribution >= 0.6 is 11.6 Å². The van der Waals surface area contributed by atoms with E-state index in [-0.39, 0.29) is 17.5 Å². The molecule has 1 saturated heterocycles. The molecule has 0 saturated carbocycles. The molecule has 1 fully saturated rings. The van der Waals surface area contributed by atoms with Crippen LogP contribution in [0.5, 0.6) is 0 Å². The first kappa shape index (κ1) is 16.5. The summed E-state index contributed by atoms with van der Waals surface area (Å²) < 4.78 is 5.17. The van der Waals surface area contributed by atoms with Crippen LogP contribution in [0.3, 0.4) is 0 Å². The van der Waals surface area contributed by atoms with Gasteiger partial charge in [-0.3, -0.25) is 9.59 Å². The summed E-state index contributed by atoms with van der Waals surface area (Å²) in [4.78, 5) is 30.7. The van der Waals surface area contributed by atoms with E-state index in [1.54, 1.807) is 17.0 Å². The van der Waals surface area contributed by atoms with Crippen molar-refractivity contribution in [3.8, 4) is 0 Å². The summed E-state index contributed by atoms with van der Waals surface area (Å²) in [5, 5.41) is 3.29. The monoisotopic (exact) mass is 347 g/mol. The van der Waals surface area contributed by atoms with Crippen molar-refractivity contribution in [3.05, 3.63) is 47.1 Å². The highest BCUT2D eigenvalue weighted by atomic mass is 35.5. The molecule has 0 aliphatic carbocycles. The van der Waals surface area contributed by atoms with E-state index in [0.29, 0.717) is 35.9 Å². The summed E-state index contributed by atoms with van der Waals surface area (Å²) in [5.41, 5.74) is 0.902. The first-order chi connectivity index (χ1) is 11.6. The number of para-hydroxylation sites is 1. The Kier molecular flexibility index (Phi) is 4.85. The van der Waals surface area contributed by atoms with Crippen molar-refractivity contribution >= 4 is 29.1 Å². The summed E-state index contributed by atoms with van der Waals surface area (Å²) in [6.07, 6.45) is 3.17. The molecule has 0 bridgehead atoms. The average Bonchev–Trinajstić information content (AvgIpc) is 3.06. The number of rotatable bonds is 4. The Morgan fingerprint density at radius 2 is 2.25 bits per heavy atom. The maximum atomic E-state index is 12.7. The van der Waals surface area contributed by atoms with Gasteiger partial charge >= 0.3 is 0 Å². The predicted octanol–water partition coefficient (Wildman–Crippen LogP) is 2.82. The average molecular weight is 348 g/mol. The molecular weight excluding hydrogens is 330 g/mol. The van der Waals surface area contributed by atoms with Crippen molar-refractivity contribution in [2.75, 3.05) is 11.4 Å². The molecule has 2 aromatic rings. The number of aryl methyl sites for hydroxylation is 1. The maximum Gasteiger partial charge on any atom is 0.274 e. The normalized spacial score (nSPS) is 17.8. The van der Waals surface area contributed by atoms with Crippen LogP contribution in [0.4, 0.5) is 5.69 Å². The van der Waals surface area contributed by atoms with Gasteiger partial charge < -0.3 is 14.6 Å². The van der Waals surface area contributed by atoms with E-state index >= 15 is 0 Å². The van der Waals surface area contributed by atoms with Crippen LogP contribution in [0, 0.1) is 0 Å². The molecule has 1 aliphatic heterocycles. The lowest BCUT2D eigenvalue weighted by Crippen LogP contribution is -2.52. The molecule has 3 rings (SSSR count). The number of piperidine rings is 1. The molecule has 24 heavy (non-hydrogen) atoms. The zero-order chi connectivity index (χ0) is 17.1. The molecule has 1 atom stereocenters. The van der Waals surface area contributed by atoms with Gasteiger partial charge in [-0.15, -0.1) is 0 Å². The molecule has 0 radical (unpaired) electrons. The summed E-state index contributed by atoms with van der Waals surface area (Å²) in [7, 11) is 0. The second-order valence-electron chi connectivity index (χ2n) is 5.59. The van der Waals surface area contributed by atoms with Gasteiger partial charge in [-0.2, -0.15) is 0 Å². The van der Waals surface area contributed by atoms with Crippen LogP contribution < -0.4 is 10.2 Å². The molecule has 1 aliphatic rings. The first-order valence-corrected chi connectivity index (χ1v) is 8.28. The smallest absolute Gasteiger partial charge is 0.274 e. The van der Waals surface area contributed by atoms with Crippen molar-refractivity contribution in [1.29, 1.82) is 0 Å². The fourth-order valence-electron chi connectivity index (χ4n) is 2.85. The first-order valence-electron chi connectivity index (χ1n) is 7.91. The minimum atomic E-state index is -0.594. The van der Waals surface area contributed by atoms with Crippen molar-refractivity contribution < 1.29 is 14.0 Å². The van der Waals surface area contributed by atoms with Gasteiger partial charge in [0.1, 0.15) is 11.8 Å². The largest absolute Gasteiger partial charge is 0.448 e. The van der Waals surface area contributed by atoms with Crippen LogP contribution in [0.25, 0.3) is 0 Å². The Labute approximate surface area is 144 Å². The Morgan fingerprint density at radius 3 is 3.00 bits per heavy atom. The highest BCUT2D eigenvalue weighted by Crippen LogP contribution is 2.28. The van der Waals surface area contributed by atoms with Crippen LogP contribution in [-0.4, -0.2) is 29.4 Å². The minimum absolute atomic E-state index is 0.163. The van der Waals surface area contributed by atoms with Gasteiger partial charge in [-0.05, 0) is 25.0 Å². The number of nitrogens with zero attached hydrogens (tertiary/aromatic N) is 2. The van der Waals surface area contributed by atoms with Crippen LogP contribution in [0.15, 0.2) is 35.1 Å². The molecule has 2 heterocycles. The number of oxazole rings is 1. The lowest BCUT2D eigenvalue weighted by Gasteiger charge is -2.33. The minimum Gasteiger partial charge on any atom is -0.448 e. The van der Waals surface area contributed by atoms with E-state index in [4.69, 9.17) is 16.0 Å². The quantitative estimate of drug-likeness (QED) is 0.922. The molecule has 7 heteroatoms. The molecule has 1 N–H and O–H groups in total. The second-order valence-corrected chi connectivity index (χ2v) is 5.99. The summed E-state index contributed by atoms with van der Waals surface area (Å²) in [5.74, 6) is -0.0390. The maximum absolute atomic E-state index is 12.7. The van der Waals surface area contributed by atoms with Gasteiger partial charge in [0.2, 0.25) is 5.91 Å². The standard InChI is InChI=1S/C17H18ClN3O3/c1-2-14-15(19-10-24-14)16(22)20-12-7-5-9-21(17(12)23)13-8-4-3-6-11(13)18/h3-4,6,8,10,12H,2,5,7,9H2,1H3,(H,20,22). The van der Waals surface area contributed by atoms with E-state index in [9.17, 15) is 9.59 Å². The number of hydrogen-bond donors (Lipinski definition) is 1. The molecule has 6 nitrogen and oxygen atoms in total. The van der Waals surface area contributed by atoms with E-state index < -0.39 is 6.04 Å². The van der Waals surface area contributed by atoms with Crippen molar-refractivity contribution in [3.63, 3.8) is 0 Å². The number of amides is 2. The lowest BCUT2D eigenvalue weighted by atomic mass is 10.0. The van der Waals surface area contributed by atoms with Crippen molar-refractivity contribution in [2.24, 2.45) is 0 Å². The molecular formula is C17H18ClN3O3. The number of halogens is 1. The number of aromatic nitrogens is 1. The van der Waals surface area contributed by atoms with Gasteiger partial charge in [0.05, 0.1) is 10.7 Å². The number of carbonyl (C=O) groups excluding carboxylic acids is 2. The van der Waals surface area contributed by atoms with E-state index in [2.05, 4.69) is 10.3 Å². The van der Waals surface area contributed by atoms with Crippen molar-refractivity contribution in [1.82, 2.24) is 10.3 Å². The number of nitrogens with one attached hydrogen (secondary N) is 1. The highest BCUT2D eigenvalue weighted by Gasteiger charge is 2.32. The number of benzene rings is 1. The van der Waals surface area contributed by atoms with Crippen LogP contribution in [-0.2, 0) is 11.2 Å². The number of carbonyl (C=O) groups is 2. The molecule has 0 spiro atoms. The Bertz CT molecular complexity index is 759. The van der Waals surface area contributed by atoms with E-state index in [1.807, 2.05) is 19.1 Å². The Morgan fingerprint density at radius 1 is 1.46 bits per heavy atom. The molecule has 1 aromatic carbocycles. The highest BCUT2D eigenvalue weighted by molar-refractivity contribution is 6.33. The second kappa shape index (κ2) is 7.05. The summed E-state index contributed by atoms with van der Waals surface area (Å²) >= 11 is 6.19. The summed E-state index contributed by atoms with van der Waals surface area (Å²) in [6.45, 7) is 2.46. The molecule has 126 valence electrons. The van der Waals surface area contributed by atoms with Gasteiger partial charge in [0.25, 0.3) is 5.91 Å². The predicted molar refractivity (Wildman–Crippen MR) is 90.2 cm³/mol. The summed E-state index contributed by atoms with van der Waals surface area (Å²) in [6, 6.07) is 6.60. The van der Waals surface area contributed by atoms with E-state index in [0.717, 1.165) is 6.42 Å². The lowest BCUT2D eigenvalue weighted by molar-refractivity contribution is -0.121. The van der Waals surface area contributed by atoms with Crippen LogP contribution in [0.1, 0.15) is 36.0 Å². The van der Waals surface area contributed by atoms with Gasteiger partial charge in [0, 0.05) is 13.0 Å². The zero-order valence-electron chi connectivity index (χ0n) is 13.3. The fourth-order valence-corrected chi connectivity index (χ4v) is 3.09. The fraction of sp³-hybridized carbons (Fsp3) is 0.353. The third-order valence-corrected chi connectivity index (χ3v) is 4.38. The molecule has 2 amide bonds. The zero-order valence-corrected chi connectivity index (χ0v) is 14.0. The van der Waals surface area contributed by atoms with Gasteiger partial charge in [-0.25, -0.2) is 4.98 Å². The topological polar surface area (TPSA) is 75.4 Å². The van der Waals surface area contributed by atoms with Gasteiger partial charge in [-0.1, -0.05) is 30.7 Å².